The summed E-state index contributed by atoms with van der Waals surface area (Å²) >= 11 is 1.22. The highest BCUT2D eigenvalue weighted by atomic mass is 32.2. The van der Waals surface area contributed by atoms with Crippen LogP contribution in [0.2, 0.25) is 0 Å². The molecule has 1 aromatic rings. The summed E-state index contributed by atoms with van der Waals surface area (Å²) in [6.45, 7) is 3.30. The van der Waals surface area contributed by atoms with Crippen molar-refractivity contribution in [2.24, 2.45) is 0 Å². The first-order valence-electron chi connectivity index (χ1n) is 5.15. The van der Waals surface area contributed by atoms with Gasteiger partial charge in [-0.1, -0.05) is 36.0 Å². The van der Waals surface area contributed by atoms with Gasteiger partial charge in [0.25, 0.3) is 0 Å². The molecule has 1 aromatic carbocycles. The van der Waals surface area contributed by atoms with Gasteiger partial charge in [0.05, 0.1) is 5.56 Å². The molecule has 4 heteroatoms. The molecule has 0 heterocycles. The van der Waals surface area contributed by atoms with Crippen LogP contribution in [-0.4, -0.2) is 21.9 Å². The fourth-order valence-corrected chi connectivity index (χ4v) is 1.83. The minimum atomic E-state index is -0.920. The van der Waals surface area contributed by atoms with E-state index in [1.54, 1.807) is 19.1 Å². The van der Waals surface area contributed by atoms with Crippen molar-refractivity contribution in [3.8, 4) is 0 Å². The van der Waals surface area contributed by atoms with E-state index in [0.29, 0.717) is 11.3 Å². The summed E-state index contributed by atoms with van der Waals surface area (Å²) in [6, 6.07) is 5.16. The smallest absolute Gasteiger partial charge is 0.335 e. The highest BCUT2D eigenvalue weighted by Crippen LogP contribution is 2.15. The second kappa shape index (κ2) is 6.25. The first-order chi connectivity index (χ1) is 8.02. The summed E-state index contributed by atoms with van der Waals surface area (Å²) in [6.07, 6.45) is 3.71. The van der Waals surface area contributed by atoms with E-state index in [0.717, 1.165) is 11.1 Å². The molecule has 0 spiro atoms. The summed E-state index contributed by atoms with van der Waals surface area (Å²) in [5, 5.41) is 9.04. The Kier molecular flexibility index (Phi) is 4.97. The van der Waals surface area contributed by atoms with Gasteiger partial charge in [-0.15, -0.1) is 0 Å². The van der Waals surface area contributed by atoms with E-state index in [4.69, 9.17) is 5.11 Å². The molecule has 0 aliphatic heterocycles. The van der Waals surface area contributed by atoms with E-state index in [2.05, 4.69) is 0 Å². The summed E-state index contributed by atoms with van der Waals surface area (Å²) in [4.78, 5) is 21.6. The van der Waals surface area contributed by atoms with E-state index in [-0.39, 0.29) is 5.12 Å². The Bertz CT molecular complexity index is 464. The van der Waals surface area contributed by atoms with Crippen molar-refractivity contribution in [3.05, 3.63) is 41.0 Å². The zero-order valence-electron chi connectivity index (χ0n) is 9.77. The molecule has 17 heavy (non-hydrogen) atoms. The number of aromatic carboxylic acids is 1. The van der Waals surface area contributed by atoms with Crippen LogP contribution in [0.5, 0.6) is 0 Å². The monoisotopic (exact) mass is 250 g/mol. The third-order valence-electron chi connectivity index (χ3n) is 2.29. The minimum absolute atomic E-state index is 0.0747. The average Bonchev–Trinajstić information content (AvgIpc) is 2.25. The normalized spacial score (nSPS) is 10.7. The fourth-order valence-electron chi connectivity index (χ4n) is 1.41. The van der Waals surface area contributed by atoms with Crippen LogP contribution in [-0.2, 0) is 4.79 Å². The van der Waals surface area contributed by atoms with Crippen LogP contribution in [0.4, 0.5) is 0 Å². The number of carbonyl (C=O) groups is 2. The molecule has 0 fully saturated rings. The number of carboxylic acid groups (broad SMARTS) is 1. The van der Waals surface area contributed by atoms with Crippen LogP contribution in [0, 0.1) is 6.92 Å². The lowest BCUT2D eigenvalue weighted by atomic mass is 10.0. The molecule has 0 aromatic heterocycles. The van der Waals surface area contributed by atoms with Gasteiger partial charge in [-0.05, 0) is 24.1 Å². The maximum atomic E-state index is 10.9. The summed E-state index contributed by atoms with van der Waals surface area (Å²) < 4.78 is 0. The molecule has 1 rings (SSSR count). The molecule has 0 aliphatic rings. The third-order valence-corrected chi connectivity index (χ3v) is 3.05. The summed E-state index contributed by atoms with van der Waals surface area (Å²) in [5.41, 5.74) is 1.92. The summed E-state index contributed by atoms with van der Waals surface area (Å²) in [7, 11) is 0. The van der Waals surface area contributed by atoms with Gasteiger partial charge >= 0.3 is 5.97 Å². The number of hydrogen-bond acceptors (Lipinski definition) is 3. The lowest BCUT2D eigenvalue weighted by molar-refractivity contribution is -0.109. The van der Waals surface area contributed by atoms with Gasteiger partial charge in [0.1, 0.15) is 0 Å². The average molecular weight is 250 g/mol. The van der Waals surface area contributed by atoms with Crippen LogP contribution >= 0.6 is 11.8 Å². The van der Waals surface area contributed by atoms with Crippen molar-refractivity contribution in [2.75, 3.05) is 5.75 Å². The van der Waals surface area contributed by atoms with Crippen LogP contribution in [0.3, 0.4) is 0 Å². The van der Waals surface area contributed by atoms with E-state index < -0.39 is 5.97 Å². The van der Waals surface area contributed by atoms with Gasteiger partial charge in [0.2, 0.25) is 0 Å². The van der Waals surface area contributed by atoms with Crippen molar-refractivity contribution in [1.29, 1.82) is 0 Å². The predicted molar refractivity (Wildman–Crippen MR) is 70.3 cm³/mol. The summed E-state index contributed by atoms with van der Waals surface area (Å²) in [5.74, 6) is -0.317. The van der Waals surface area contributed by atoms with Crippen molar-refractivity contribution in [3.63, 3.8) is 0 Å². The number of rotatable bonds is 4. The molecule has 1 N–H and O–H groups in total. The Labute approximate surface area is 105 Å². The molecule has 0 saturated carbocycles. The largest absolute Gasteiger partial charge is 0.478 e. The van der Waals surface area contributed by atoms with Crippen molar-refractivity contribution in [1.82, 2.24) is 0 Å². The highest BCUT2D eigenvalue weighted by Gasteiger charge is 2.07. The Morgan fingerprint density at radius 1 is 1.41 bits per heavy atom. The van der Waals surface area contributed by atoms with Crippen molar-refractivity contribution >= 4 is 28.9 Å². The number of benzene rings is 1. The van der Waals surface area contributed by atoms with Gasteiger partial charge in [0, 0.05) is 12.7 Å². The lowest BCUT2D eigenvalue weighted by Crippen LogP contribution is -2.00. The van der Waals surface area contributed by atoms with E-state index in [1.165, 1.54) is 18.7 Å². The molecule has 0 atom stereocenters. The molecule has 0 unspecified atom stereocenters. The van der Waals surface area contributed by atoms with E-state index in [1.807, 2.05) is 18.2 Å². The fraction of sp³-hybridized carbons (Fsp3) is 0.231. The molecule has 0 aliphatic carbocycles. The first kappa shape index (κ1) is 13.5. The van der Waals surface area contributed by atoms with Gasteiger partial charge < -0.3 is 5.11 Å². The molecule has 0 saturated heterocycles. The molecule has 0 bridgehead atoms. The number of carboxylic acids is 1. The second-order valence-electron chi connectivity index (χ2n) is 3.53. The topological polar surface area (TPSA) is 54.4 Å². The van der Waals surface area contributed by atoms with Crippen LogP contribution in [0.1, 0.15) is 28.4 Å². The van der Waals surface area contributed by atoms with Gasteiger partial charge in [0.15, 0.2) is 5.12 Å². The van der Waals surface area contributed by atoms with Gasteiger partial charge in [-0.25, -0.2) is 4.79 Å². The Morgan fingerprint density at radius 2 is 2.12 bits per heavy atom. The number of thioether (sulfide) groups is 1. The van der Waals surface area contributed by atoms with Crippen LogP contribution in [0.15, 0.2) is 24.3 Å². The van der Waals surface area contributed by atoms with Crippen molar-refractivity contribution in [2.45, 2.75) is 13.8 Å². The minimum Gasteiger partial charge on any atom is -0.478 e. The molecule has 90 valence electrons. The molecule has 0 amide bonds. The van der Waals surface area contributed by atoms with E-state index >= 15 is 0 Å². The van der Waals surface area contributed by atoms with E-state index in [9.17, 15) is 9.59 Å². The lowest BCUT2D eigenvalue weighted by Gasteiger charge is -2.04. The SMILES string of the molecule is CC(=O)SCC=Cc1cccc(C(=O)O)c1C. The zero-order valence-corrected chi connectivity index (χ0v) is 10.6. The quantitative estimate of drug-likeness (QED) is 0.892. The maximum Gasteiger partial charge on any atom is 0.335 e. The molecular formula is C13H14O3S. The van der Waals surface area contributed by atoms with Crippen molar-refractivity contribution < 1.29 is 14.7 Å². The molecular weight excluding hydrogens is 236 g/mol. The number of hydrogen-bond donors (Lipinski definition) is 1. The zero-order chi connectivity index (χ0) is 12.8. The predicted octanol–water partition coefficient (Wildman–Crippen LogP) is 2.99. The Hall–Kier alpha value is -1.55. The van der Waals surface area contributed by atoms with Crippen LogP contribution in [0.25, 0.3) is 6.08 Å². The van der Waals surface area contributed by atoms with Gasteiger partial charge in [-0.2, -0.15) is 0 Å². The molecule has 3 nitrogen and oxygen atoms in total. The second-order valence-corrected chi connectivity index (χ2v) is 4.73. The highest BCUT2D eigenvalue weighted by molar-refractivity contribution is 8.13. The third kappa shape index (κ3) is 4.07. The Balaban J connectivity index is 2.81. The maximum absolute atomic E-state index is 10.9. The van der Waals surface area contributed by atoms with Gasteiger partial charge in [-0.3, -0.25) is 4.79 Å². The Morgan fingerprint density at radius 3 is 2.71 bits per heavy atom. The molecule has 0 radical (unpaired) electrons. The first-order valence-corrected chi connectivity index (χ1v) is 6.13. The van der Waals surface area contributed by atoms with Crippen LogP contribution < -0.4 is 0 Å². The number of carbonyl (C=O) groups excluding carboxylic acids is 1. The standard InChI is InChI=1S/C13H14O3S/c1-9-11(6-4-8-17-10(2)14)5-3-7-12(9)13(15)16/h3-7H,8H2,1-2H3,(H,15,16).